The lowest BCUT2D eigenvalue weighted by Crippen LogP contribution is -2.46. The van der Waals surface area contributed by atoms with E-state index in [-0.39, 0.29) is 36.2 Å². The fourth-order valence-electron chi connectivity index (χ4n) is 7.21. The van der Waals surface area contributed by atoms with Gasteiger partial charge in [-0.05, 0) is 68.3 Å². The molecular weight excluding hydrogens is 456 g/mol. The summed E-state index contributed by atoms with van der Waals surface area (Å²) in [4.78, 5) is 46.4. The molecule has 3 aliphatic heterocycles. The first-order chi connectivity index (χ1) is 17.4. The summed E-state index contributed by atoms with van der Waals surface area (Å²) in [6.07, 6.45) is 6.19. The number of anilines is 1. The number of hydrogen-bond acceptors (Lipinski definition) is 6. The summed E-state index contributed by atoms with van der Waals surface area (Å²) in [6, 6.07) is 5.34. The molecule has 4 atom stereocenters. The summed E-state index contributed by atoms with van der Waals surface area (Å²) in [6.45, 7) is 4.43. The van der Waals surface area contributed by atoms with Crippen molar-refractivity contribution in [2.45, 2.75) is 56.6 Å². The highest BCUT2D eigenvalue weighted by Crippen LogP contribution is 2.48. The van der Waals surface area contributed by atoms with Crippen LogP contribution in [0.1, 0.15) is 60.4 Å². The summed E-state index contributed by atoms with van der Waals surface area (Å²) >= 11 is 0. The molecule has 2 saturated carbocycles. The Bertz CT molecular complexity index is 1040. The van der Waals surface area contributed by atoms with E-state index < -0.39 is 17.9 Å². The van der Waals surface area contributed by atoms with Crippen LogP contribution in [-0.4, -0.2) is 85.9 Å². The molecule has 6 rings (SSSR count). The number of fused-ring (bicyclic) bond motifs is 1. The predicted octanol–water partition coefficient (Wildman–Crippen LogP) is 2.02. The van der Waals surface area contributed by atoms with Crippen LogP contribution in [-0.2, 0) is 14.3 Å². The van der Waals surface area contributed by atoms with E-state index in [2.05, 4.69) is 16.8 Å². The highest BCUT2D eigenvalue weighted by Gasteiger charge is 2.57. The second-order valence-corrected chi connectivity index (χ2v) is 11.6. The molecular formula is C28H38N4O4. The Labute approximate surface area is 213 Å². The highest BCUT2D eigenvalue weighted by molar-refractivity contribution is 5.99. The van der Waals surface area contributed by atoms with Crippen molar-refractivity contribution < 1.29 is 19.1 Å². The second kappa shape index (κ2) is 9.45. The van der Waals surface area contributed by atoms with Crippen LogP contribution in [0.2, 0.25) is 0 Å². The maximum atomic E-state index is 14.5. The molecule has 3 saturated heterocycles. The number of rotatable bonds is 6. The number of ether oxygens (including phenoxy) is 1. The maximum absolute atomic E-state index is 14.5. The standard InChI is InChI=1S/C28H38N4O4/c1-30-10-12-31(13-11-30)19-8-9-20(27(29)34)21(14-19)24(18-4-2-3-5-18)28(35)32-15-22(17-6-7-17)26-25(32)23(33)16-36-26/h8-9,14,17-18,22,24-26H,2-7,10-13,15-16H2,1H3,(H2,29,34)/t22-,24-,25+,26+/m0/s1. The Kier molecular flexibility index (Phi) is 6.28. The number of amides is 2. The fraction of sp³-hybridized carbons (Fsp3) is 0.679. The Morgan fingerprint density at radius 1 is 1.06 bits per heavy atom. The molecule has 194 valence electrons. The van der Waals surface area contributed by atoms with Crippen LogP contribution in [0.5, 0.6) is 0 Å². The normalized spacial score (nSPS) is 30.1. The maximum Gasteiger partial charge on any atom is 0.249 e. The number of nitrogens with two attached hydrogens (primary N) is 1. The van der Waals surface area contributed by atoms with Crippen LogP contribution in [0.25, 0.3) is 0 Å². The van der Waals surface area contributed by atoms with Gasteiger partial charge >= 0.3 is 0 Å². The number of ketones is 1. The summed E-state index contributed by atoms with van der Waals surface area (Å²) in [5.74, 6) is -0.0283. The van der Waals surface area contributed by atoms with Crippen molar-refractivity contribution in [3.05, 3.63) is 29.3 Å². The number of hydrogen-bond donors (Lipinski definition) is 1. The van der Waals surface area contributed by atoms with E-state index in [1.165, 1.54) is 0 Å². The molecule has 1 aromatic carbocycles. The number of likely N-dealkylation sites (N-methyl/N-ethyl adjacent to an activating group) is 1. The summed E-state index contributed by atoms with van der Waals surface area (Å²) < 4.78 is 5.94. The van der Waals surface area contributed by atoms with E-state index in [9.17, 15) is 14.4 Å². The third-order valence-corrected chi connectivity index (χ3v) is 9.38. The molecule has 5 aliphatic rings. The van der Waals surface area contributed by atoms with Crippen molar-refractivity contribution >= 4 is 23.3 Å². The van der Waals surface area contributed by atoms with Gasteiger partial charge in [-0.3, -0.25) is 14.4 Å². The first kappa shape index (κ1) is 23.9. The van der Waals surface area contributed by atoms with Crippen LogP contribution < -0.4 is 10.6 Å². The molecule has 2 aliphatic carbocycles. The minimum atomic E-state index is -0.499. The van der Waals surface area contributed by atoms with Crippen LogP contribution in [0.4, 0.5) is 5.69 Å². The molecule has 3 heterocycles. The molecule has 36 heavy (non-hydrogen) atoms. The minimum absolute atomic E-state index is 0.0167. The Hall–Kier alpha value is -2.45. The molecule has 0 bridgehead atoms. The summed E-state index contributed by atoms with van der Waals surface area (Å²) in [5, 5.41) is 0. The van der Waals surface area contributed by atoms with Crippen molar-refractivity contribution in [3.63, 3.8) is 0 Å². The quantitative estimate of drug-likeness (QED) is 0.650. The van der Waals surface area contributed by atoms with E-state index in [1.807, 2.05) is 23.1 Å². The van der Waals surface area contributed by atoms with E-state index in [4.69, 9.17) is 10.5 Å². The van der Waals surface area contributed by atoms with Gasteiger partial charge < -0.3 is 25.2 Å². The van der Waals surface area contributed by atoms with Gasteiger partial charge in [0.25, 0.3) is 0 Å². The molecule has 8 nitrogen and oxygen atoms in total. The highest BCUT2D eigenvalue weighted by atomic mass is 16.5. The van der Waals surface area contributed by atoms with Gasteiger partial charge in [-0.1, -0.05) is 12.8 Å². The lowest BCUT2D eigenvalue weighted by atomic mass is 9.80. The first-order valence-electron chi connectivity index (χ1n) is 13.7. The lowest BCUT2D eigenvalue weighted by Gasteiger charge is -2.35. The van der Waals surface area contributed by atoms with Crippen LogP contribution >= 0.6 is 0 Å². The minimum Gasteiger partial charge on any atom is -0.369 e. The van der Waals surface area contributed by atoms with Gasteiger partial charge in [-0.15, -0.1) is 0 Å². The van der Waals surface area contributed by atoms with Gasteiger partial charge in [0.15, 0.2) is 5.78 Å². The topological polar surface area (TPSA) is 96.2 Å². The Balaban J connectivity index is 1.38. The van der Waals surface area contributed by atoms with Crippen molar-refractivity contribution in [1.29, 1.82) is 0 Å². The van der Waals surface area contributed by atoms with E-state index in [1.54, 1.807) is 0 Å². The lowest BCUT2D eigenvalue weighted by molar-refractivity contribution is -0.138. The van der Waals surface area contributed by atoms with Gasteiger partial charge in [0.1, 0.15) is 12.6 Å². The van der Waals surface area contributed by atoms with Crippen LogP contribution in [0, 0.1) is 17.8 Å². The number of piperazine rings is 1. The van der Waals surface area contributed by atoms with Crippen molar-refractivity contribution in [3.8, 4) is 0 Å². The van der Waals surface area contributed by atoms with E-state index >= 15 is 0 Å². The zero-order valence-electron chi connectivity index (χ0n) is 21.2. The first-order valence-corrected chi connectivity index (χ1v) is 13.7. The van der Waals surface area contributed by atoms with Crippen LogP contribution in [0.15, 0.2) is 18.2 Å². The zero-order valence-corrected chi connectivity index (χ0v) is 21.2. The van der Waals surface area contributed by atoms with E-state index in [0.29, 0.717) is 18.0 Å². The molecule has 1 aromatic rings. The average Bonchev–Trinajstić information content (AvgIpc) is 3.25. The molecule has 8 heteroatoms. The predicted molar refractivity (Wildman–Crippen MR) is 136 cm³/mol. The van der Waals surface area contributed by atoms with E-state index in [0.717, 1.165) is 76.0 Å². The van der Waals surface area contributed by atoms with Crippen LogP contribution in [0.3, 0.4) is 0 Å². The summed E-state index contributed by atoms with van der Waals surface area (Å²) in [5.41, 5.74) is 8.08. The molecule has 0 unspecified atom stereocenters. The van der Waals surface area contributed by atoms with Crippen molar-refractivity contribution in [2.75, 3.05) is 51.3 Å². The smallest absolute Gasteiger partial charge is 0.249 e. The Morgan fingerprint density at radius 2 is 1.78 bits per heavy atom. The Morgan fingerprint density at radius 3 is 2.44 bits per heavy atom. The number of carbonyl (C=O) groups is 3. The zero-order chi connectivity index (χ0) is 25.0. The number of benzene rings is 1. The van der Waals surface area contributed by atoms with Crippen molar-refractivity contribution in [1.82, 2.24) is 9.80 Å². The molecule has 0 radical (unpaired) electrons. The van der Waals surface area contributed by atoms with Gasteiger partial charge in [-0.25, -0.2) is 0 Å². The second-order valence-electron chi connectivity index (χ2n) is 11.6. The SMILES string of the molecule is CN1CCN(c2ccc(C(N)=O)c([C@@H](C(=O)N3C[C@@H](C4CC4)[C@H]4OCC(=O)[C@H]43)C3CCCC3)c2)CC1. The van der Waals surface area contributed by atoms with Gasteiger partial charge in [0.2, 0.25) is 11.8 Å². The van der Waals surface area contributed by atoms with Crippen molar-refractivity contribution in [2.24, 2.45) is 23.5 Å². The number of carbonyl (C=O) groups excluding carboxylic acids is 3. The molecule has 2 amide bonds. The number of Topliss-reactive ketones (excluding diaryl/α,β-unsaturated/α-hetero) is 1. The van der Waals surface area contributed by atoms with Gasteiger partial charge in [0.05, 0.1) is 12.0 Å². The third kappa shape index (κ3) is 4.22. The largest absolute Gasteiger partial charge is 0.369 e. The molecule has 0 spiro atoms. The average molecular weight is 495 g/mol. The third-order valence-electron chi connectivity index (χ3n) is 9.38. The van der Waals surface area contributed by atoms with Gasteiger partial charge in [-0.2, -0.15) is 0 Å². The monoisotopic (exact) mass is 494 g/mol. The molecule has 2 N–H and O–H groups in total. The molecule has 0 aromatic heterocycles. The molecule has 5 fully saturated rings. The fourth-order valence-corrected chi connectivity index (χ4v) is 7.21. The number of likely N-dealkylation sites (tertiary alicyclic amines) is 1. The van der Waals surface area contributed by atoms with Gasteiger partial charge in [0, 0.05) is 49.9 Å². The summed E-state index contributed by atoms with van der Waals surface area (Å²) in [7, 11) is 2.12. The number of primary amides is 1. The number of nitrogens with zero attached hydrogens (tertiary/aromatic N) is 3.